The summed E-state index contributed by atoms with van der Waals surface area (Å²) in [6.45, 7) is 14.1. The van der Waals surface area contributed by atoms with Gasteiger partial charge in [-0.25, -0.2) is 0 Å². The van der Waals surface area contributed by atoms with Crippen molar-refractivity contribution in [1.82, 2.24) is 0 Å². The van der Waals surface area contributed by atoms with E-state index in [9.17, 15) is 0 Å². The van der Waals surface area contributed by atoms with Crippen molar-refractivity contribution in [2.24, 2.45) is 0 Å². The molecule has 19 heavy (non-hydrogen) atoms. The summed E-state index contributed by atoms with van der Waals surface area (Å²) in [5, 5.41) is 1.66. The van der Waals surface area contributed by atoms with E-state index in [1.54, 1.807) is 0 Å². The standard InChI is InChI=1S/C17H26OSi/c1-13-12-15(14-10-8-7-9-11-14)18-16(13)19(5,6)17(2,3)4/h7-11,15H,12H2,1-6H3. The topological polar surface area (TPSA) is 9.23 Å². The van der Waals surface area contributed by atoms with Gasteiger partial charge in [-0.2, -0.15) is 0 Å². The van der Waals surface area contributed by atoms with Crippen LogP contribution in [0.2, 0.25) is 18.1 Å². The summed E-state index contributed by atoms with van der Waals surface area (Å²) in [7, 11) is -1.55. The van der Waals surface area contributed by atoms with E-state index < -0.39 is 8.07 Å². The first-order valence-corrected chi connectivity index (χ1v) is 10.2. The van der Waals surface area contributed by atoms with E-state index in [0.717, 1.165) is 6.42 Å². The van der Waals surface area contributed by atoms with Crippen LogP contribution < -0.4 is 0 Å². The molecule has 0 saturated carbocycles. The zero-order valence-electron chi connectivity index (χ0n) is 13.1. The molecule has 104 valence electrons. The van der Waals surface area contributed by atoms with E-state index in [1.165, 1.54) is 16.5 Å². The van der Waals surface area contributed by atoms with E-state index in [1.807, 2.05) is 0 Å². The molecule has 2 rings (SSSR count). The molecule has 1 aliphatic heterocycles. The first-order chi connectivity index (χ1) is 8.73. The molecule has 0 N–H and O–H groups in total. The lowest BCUT2D eigenvalue weighted by atomic mass is 10.1. The number of rotatable bonds is 2. The molecule has 0 fully saturated rings. The Bertz CT molecular complexity index is 480. The van der Waals surface area contributed by atoms with Gasteiger partial charge in [-0.15, -0.1) is 0 Å². The summed E-state index contributed by atoms with van der Waals surface area (Å²) in [5.41, 5.74) is 2.76. The molecule has 1 unspecified atom stereocenters. The van der Waals surface area contributed by atoms with Gasteiger partial charge < -0.3 is 4.74 Å². The highest BCUT2D eigenvalue weighted by Crippen LogP contribution is 2.47. The normalized spacial score (nSPS) is 20.6. The Kier molecular flexibility index (Phi) is 3.65. The summed E-state index contributed by atoms with van der Waals surface area (Å²) in [6, 6.07) is 10.6. The zero-order valence-corrected chi connectivity index (χ0v) is 14.1. The molecule has 0 spiro atoms. The van der Waals surface area contributed by atoms with Crippen LogP contribution in [-0.2, 0) is 4.74 Å². The van der Waals surface area contributed by atoms with Crippen LogP contribution in [0.15, 0.2) is 41.3 Å². The van der Waals surface area contributed by atoms with Crippen molar-refractivity contribution in [3.05, 3.63) is 46.9 Å². The molecular formula is C17H26OSi. The van der Waals surface area contributed by atoms with Gasteiger partial charge in [-0.05, 0) is 23.1 Å². The maximum Gasteiger partial charge on any atom is 0.130 e. The molecule has 0 saturated heterocycles. The minimum Gasteiger partial charge on any atom is -0.495 e. The van der Waals surface area contributed by atoms with Crippen LogP contribution in [0.4, 0.5) is 0 Å². The van der Waals surface area contributed by atoms with Crippen LogP contribution in [-0.4, -0.2) is 8.07 Å². The second kappa shape index (κ2) is 4.82. The molecule has 1 atom stereocenters. The molecule has 0 amide bonds. The third-order valence-corrected chi connectivity index (χ3v) is 10.2. The second-order valence-electron chi connectivity index (χ2n) is 7.21. The Hall–Kier alpha value is -1.02. The van der Waals surface area contributed by atoms with Gasteiger partial charge in [0.25, 0.3) is 0 Å². The average Bonchev–Trinajstić information content (AvgIpc) is 2.71. The highest BCUT2D eigenvalue weighted by Gasteiger charge is 2.44. The molecular weight excluding hydrogens is 248 g/mol. The van der Waals surface area contributed by atoms with E-state index in [-0.39, 0.29) is 6.10 Å². The molecule has 0 aromatic heterocycles. The summed E-state index contributed by atoms with van der Waals surface area (Å²) in [5.74, 6) is 0. The number of ether oxygens (including phenoxy) is 1. The van der Waals surface area contributed by atoms with Gasteiger partial charge in [-0.1, -0.05) is 64.2 Å². The third kappa shape index (κ3) is 2.64. The van der Waals surface area contributed by atoms with E-state index in [0.29, 0.717) is 5.04 Å². The van der Waals surface area contributed by atoms with Gasteiger partial charge in [0.05, 0.1) is 5.38 Å². The zero-order chi connectivity index (χ0) is 14.3. The SMILES string of the molecule is CC1=C([Si](C)(C)C(C)(C)C)OC(c2ccccc2)C1. The minimum absolute atomic E-state index is 0.227. The Labute approximate surface area is 118 Å². The predicted octanol–water partition coefficient (Wildman–Crippen LogP) is 5.47. The van der Waals surface area contributed by atoms with Crippen molar-refractivity contribution < 1.29 is 4.74 Å². The Morgan fingerprint density at radius 3 is 2.21 bits per heavy atom. The molecule has 1 aliphatic rings. The quantitative estimate of drug-likeness (QED) is 0.650. The van der Waals surface area contributed by atoms with Gasteiger partial charge >= 0.3 is 0 Å². The van der Waals surface area contributed by atoms with Crippen molar-refractivity contribution in [2.75, 3.05) is 0 Å². The van der Waals surface area contributed by atoms with Crippen LogP contribution in [0.1, 0.15) is 45.8 Å². The monoisotopic (exact) mass is 274 g/mol. The first-order valence-electron chi connectivity index (χ1n) is 7.15. The minimum atomic E-state index is -1.55. The fourth-order valence-corrected chi connectivity index (χ4v) is 4.82. The molecule has 2 heteroatoms. The van der Waals surface area contributed by atoms with E-state index in [2.05, 4.69) is 71.1 Å². The number of hydrogen-bond acceptors (Lipinski definition) is 1. The van der Waals surface area contributed by atoms with Crippen molar-refractivity contribution in [3.63, 3.8) is 0 Å². The summed E-state index contributed by atoms with van der Waals surface area (Å²) in [4.78, 5) is 0. The molecule has 1 aromatic carbocycles. The van der Waals surface area contributed by atoms with Crippen LogP contribution >= 0.6 is 0 Å². The first kappa shape index (κ1) is 14.4. The van der Waals surface area contributed by atoms with Crippen LogP contribution in [0.5, 0.6) is 0 Å². The Morgan fingerprint density at radius 1 is 1.11 bits per heavy atom. The summed E-state index contributed by atoms with van der Waals surface area (Å²) >= 11 is 0. The molecule has 0 aliphatic carbocycles. The van der Waals surface area contributed by atoms with Gasteiger partial charge in [0, 0.05) is 6.42 Å². The maximum absolute atomic E-state index is 6.39. The van der Waals surface area contributed by atoms with Crippen molar-refractivity contribution in [1.29, 1.82) is 0 Å². The maximum atomic E-state index is 6.39. The fourth-order valence-electron chi connectivity index (χ4n) is 2.53. The second-order valence-corrected chi connectivity index (χ2v) is 12.4. The van der Waals surface area contributed by atoms with E-state index in [4.69, 9.17) is 4.74 Å². The predicted molar refractivity (Wildman–Crippen MR) is 84.8 cm³/mol. The van der Waals surface area contributed by atoms with Crippen LogP contribution in [0, 0.1) is 0 Å². The van der Waals surface area contributed by atoms with Crippen molar-refractivity contribution in [2.45, 2.75) is 58.4 Å². The fraction of sp³-hybridized carbons (Fsp3) is 0.529. The summed E-state index contributed by atoms with van der Waals surface area (Å²) < 4.78 is 6.39. The average molecular weight is 274 g/mol. The van der Waals surface area contributed by atoms with Gasteiger partial charge in [0.15, 0.2) is 0 Å². The molecule has 1 nitrogen and oxygen atoms in total. The Morgan fingerprint density at radius 2 is 1.68 bits per heavy atom. The van der Waals surface area contributed by atoms with Gasteiger partial charge in [-0.3, -0.25) is 0 Å². The lowest BCUT2D eigenvalue weighted by Gasteiger charge is -2.38. The number of hydrogen-bond donors (Lipinski definition) is 0. The van der Waals surface area contributed by atoms with Gasteiger partial charge in [0.2, 0.25) is 0 Å². The van der Waals surface area contributed by atoms with Gasteiger partial charge in [0.1, 0.15) is 14.2 Å². The molecule has 1 aromatic rings. The lowest BCUT2D eigenvalue weighted by molar-refractivity contribution is 0.158. The Balaban J connectivity index is 2.24. The van der Waals surface area contributed by atoms with E-state index >= 15 is 0 Å². The number of benzene rings is 1. The molecule has 1 heterocycles. The van der Waals surface area contributed by atoms with Crippen LogP contribution in [0.3, 0.4) is 0 Å². The smallest absolute Gasteiger partial charge is 0.130 e. The molecule has 0 bridgehead atoms. The van der Waals surface area contributed by atoms with Crippen molar-refractivity contribution in [3.8, 4) is 0 Å². The largest absolute Gasteiger partial charge is 0.495 e. The highest BCUT2D eigenvalue weighted by molar-refractivity contribution is 6.86. The highest BCUT2D eigenvalue weighted by atomic mass is 28.3. The summed E-state index contributed by atoms with van der Waals surface area (Å²) in [6.07, 6.45) is 1.27. The lowest BCUT2D eigenvalue weighted by Crippen LogP contribution is -2.40. The molecule has 0 radical (unpaired) electrons. The van der Waals surface area contributed by atoms with Crippen molar-refractivity contribution >= 4 is 8.07 Å². The van der Waals surface area contributed by atoms with Crippen LogP contribution in [0.25, 0.3) is 0 Å². The third-order valence-electron chi connectivity index (χ3n) is 4.75.